The van der Waals surface area contributed by atoms with Gasteiger partial charge >= 0.3 is 6.03 Å². The summed E-state index contributed by atoms with van der Waals surface area (Å²) in [5, 5.41) is 7.75. The molecule has 0 atom stereocenters. The molecule has 0 fully saturated rings. The average molecular weight is 360 g/mol. The first-order valence-corrected chi connectivity index (χ1v) is 7.55. The van der Waals surface area contributed by atoms with Crippen molar-refractivity contribution < 1.29 is 9.32 Å². The average Bonchev–Trinajstić information content (AvgIpc) is 2.96. The van der Waals surface area contributed by atoms with Crippen molar-refractivity contribution in [2.75, 3.05) is 11.9 Å². The summed E-state index contributed by atoms with van der Waals surface area (Å²) in [5.74, 6) is 0. The summed E-state index contributed by atoms with van der Waals surface area (Å²) in [4.78, 5) is 13.8. The number of aromatic nitrogens is 1. The summed E-state index contributed by atoms with van der Waals surface area (Å²) in [6, 6.07) is 14.9. The van der Waals surface area contributed by atoms with Crippen molar-refractivity contribution in [1.82, 2.24) is 10.5 Å². The molecular formula is C16H14BrN3O2. The molecule has 1 N–H and O–H groups in total. The van der Waals surface area contributed by atoms with Crippen LogP contribution in [0.2, 0.25) is 0 Å². The number of benzene rings is 2. The van der Waals surface area contributed by atoms with Crippen molar-refractivity contribution in [1.29, 1.82) is 0 Å². The van der Waals surface area contributed by atoms with Crippen LogP contribution in [0.3, 0.4) is 0 Å². The van der Waals surface area contributed by atoms with Gasteiger partial charge in [-0.25, -0.2) is 4.79 Å². The number of nitrogens with one attached hydrogen (secondary N) is 1. The van der Waals surface area contributed by atoms with Crippen LogP contribution in [0.25, 0.3) is 11.0 Å². The zero-order chi connectivity index (χ0) is 15.5. The molecule has 0 spiro atoms. The first-order chi connectivity index (χ1) is 10.6. The second-order valence-electron chi connectivity index (χ2n) is 4.82. The summed E-state index contributed by atoms with van der Waals surface area (Å²) in [6.07, 6.45) is 0. The fraction of sp³-hybridized carbons (Fsp3) is 0.125. The molecule has 0 unspecified atom stereocenters. The molecule has 2 amide bonds. The second-order valence-corrected chi connectivity index (χ2v) is 5.74. The SMILES string of the molecule is CN(C(=O)NCc1noc2ccccc12)c1ccc(Br)cc1. The molecule has 0 aliphatic rings. The van der Waals surface area contributed by atoms with Gasteiger partial charge in [-0.05, 0) is 36.4 Å². The van der Waals surface area contributed by atoms with Gasteiger partial charge in [-0.15, -0.1) is 0 Å². The molecule has 0 aliphatic carbocycles. The lowest BCUT2D eigenvalue weighted by atomic mass is 10.2. The van der Waals surface area contributed by atoms with Crippen molar-refractivity contribution in [2.24, 2.45) is 0 Å². The molecule has 6 heteroatoms. The van der Waals surface area contributed by atoms with Crippen LogP contribution in [0.5, 0.6) is 0 Å². The number of amides is 2. The Balaban J connectivity index is 1.68. The molecule has 22 heavy (non-hydrogen) atoms. The number of carbonyl (C=O) groups excluding carboxylic acids is 1. The number of carbonyl (C=O) groups is 1. The Bertz CT molecular complexity index is 799. The largest absolute Gasteiger partial charge is 0.356 e. The van der Waals surface area contributed by atoms with Gasteiger partial charge in [0.15, 0.2) is 5.58 Å². The summed E-state index contributed by atoms with van der Waals surface area (Å²) >= 11 is 3.37. The van der Waals surface area contributed by atoms with Crippen LogP contribution in [0.4, 0.5) is 10.5 Å². The lowest BCUT2D eigenvalue weighted by molar-refractivity contribution is 0.247. The highest BCUT2D eigenvalue weighted by Crippen LogP contribution is 2.19. The summed E-state index contributed by atoms with van der Waals surface area (Å²) in [5.41, 5.74) is 2.24. The number of urea groups is 1. The third-order valence-electron chi connectivity index (χ3n) is 3.38. The first-order valence-electron chi connectivity index (χ1n) is 6.75. The number of halogens is 1. The smallest absolute Gasteiger partial charge is 0.321 e. The highest BCUT2D eigenvalue weighted by Gasteiger charge is 2.13. The monoisotopic (exact) mass is 359 g/mol. The van der Waals surface area contributed by atoms with Gasteiger partial charge < -0.3 is 9.84 Å². The van der Waals surface area contributed by atoms with Crippen LogP contribution in [0.1, 0.15) is 5.69 Å². The molecule has 1 aromatic heterocycles. The number of para-hydroxylation sites is 1. The molecule has 0 saturated carbocycles. The van der Waals surface area contributed by atoms with Crippen LogP contribution in [-0.2, 0) is 6.54 Å². The Morgan fingerprint density at radius 1 is 1.23 bits per heavy atom. The van der Waals surface area contributed by atoms with Gasteiger partial charge in [-0.2, -0.15) is 0 Å². The first kappa shape index (κ1) is 14.6. The Labute approximate surface area is 136 Å². The number of anilines is 1. The fourth-order valence-electron chi connectivity index (χ4n) is 2.13. The Hall–Kier alpha value is -2.34. The van der Waals surface area contributed by atoms with E-state index in [2.05, 4.69) is 26.4 Å². The van der Waals surface area contributed by atoms with Gasteiger partial charge in [0.05, 0.1) is 6.54 Å². The standard InChI is InChI=1S/C16H14BrN3O2/c1-20(12-8-6-11(17)7-9-12)16(21)18-10-14-13-4-2-3-5-15(13)22-19-14/h2-9H,10H2,1H3,(H,18,21). The topological polar surface area (TPSA) is 58.4 Å². The van der Waals surface area contributed by atoms with Crippen molar-refractivity contribution in [3.63, 3.8) is 0 Å². The summed E-state index contributed by atoms with van der Waals surface area (Å²) < 4.78 is 6.19. The zero-order valence-corrected chi connectivity index (χ0v) is 13.5. The van der Waals surface area contributed by atoms with Crippen LogP contribution < -0.4 is 10.2 Å². The van der Waals surface area contributed by atoms with E-state index in [1.54, 1.807) is 11.9 Å². The molecule has 2 aromatic carbocycles. The summed E-state index contributed by atoms with van der Waals surface area (Å²) in [6.45, 7) is 0.316. The van der Waals surface area contributed by atoms with Crippen molar-refractivity contribution >= 4 is 38.6 Å². The molecular weight excluding hydrogens is 346 g/mol. The highest BCUT2D eigenvalue weighted by molar-refractivity contribution is 9.10. The van der Waals surface area contributed by atoms with E-state index in [-0.39, 0.29) is 6.03 Å². The molecule has 5 nitrogen and oxygen atoms in total. The zero-order valence-electron chi connectivity index (χ0n) is 11.9. The maximum absolute atomic E-state index is 12.2. The van der Waals surface area contributed by atoms with Crippen LogP contribution in [0.15, 0.2) is 57.5 Å². The van der Waals surface area contributed by atoms with Gasteiger partial charge in [-0.1, -0.05) is 33.2 Å². The van der Waals surface area contributed by atoms with Crippen LogP contribution >= 0.6 is 15.9 Å². The third-order valence-corrected chi connectivity index (χ3v) is 3.91. The predicted molar refractivity (Wildman–Crippen MR) is 88.8 cm³/mol. The minimum absolute atomic E-state index is 0.200. The normalized spacial score (nSPS) is 10.6. The molecule has 112 valence electrons. The van der Waals surface area contributed by atoms with Crippen molar-refractivity contribution in [3.05, 3.63) is 58.7 Å². The molecule has 1 heterocycles. The van der Waals surface area contributed by atoms with Gasteiger partial charge in [0.2, 0.25) is 0 Å². The van der Waals surface area contributed by atoms with E-state index in [1.165, 1.54) is 0 Å². The van der Waals surface area contributed by atoms with E-state index in [4.69, 9.17) is 4.52 Å². The number of nitrogens with zero attached hydrogens (tertiary/aromatic N) is 2. The fourth-order valence-corrected chi connectivity index (χ4v) is 2.39. The van der Waals surface area contributed by atoms with E-state index >= 15 is 0 Å². The quantitative estimate of drug-likeness (QED) is 0.770. The van der Waals surface area contributed by atoms with Crippen molar-refractivity contribution in [2.45, 2.75) is 6.54 Å². The van der Waals surface area contributed by atoms with Gasteiger partial charge in [0.25, 0.3) is 0 Å². The third kappa shape index (κ3) is 2.96. The highest BCUT2D eigenvalue weighted by atomic mass is 79.9. The maximum atomic E-state index is 12.2. The Morgan fingerprint density at radius 3 is 2.73 bits per heavy atom. The lowest BCUT2D eigenvalue weighted by Crippen LogP contribution is -2.36. The predicted octanol–water partition coefficient (Wildman–Crippen LogP) is 3.94. The molecule has 0 radical (unpaired) electrons. The second kappa shape index (κ2) is 6.19. The van der Waals surface area contributed by atoms with Gasteiger partial charge in [0.1, 0.15) is 5.69 Å². The number of fused-ring (bicyclic) bond motifs is 1. The molecule has 3 rings (SSSR count). The minimum atomic E-state index is -0.200. The van der Waals surface area contributed by atoms with E-state index in [0.29, 0.717) is 17.8 Å². The van der Waals surface area contributed by atoms with Crippen LogP contribution in [-0.4, -0.2) is 18.2 Å². The number of hydrogen-bond donors (Lipinski definition) is 1. The molecule has 0 saturated heterocycles. The van der Waals surface area contributed by atoms with Gasteiger partial charge in [0, 0.05) is 22.6 Å². The van der Waals surface area contributed by atoms with E-state index in [9.17, 15) is 4.79 Å². The lowest BCUT2D eigenvalue weighted by Gasteiger charge is -2.17. The maximum Gasteiger partial charge on any atom is 0.321 e. The van der Waals surface area contributed by atoms with Crippen molar-refractivity contribution in [3.8, 4) is 0 Å². The van der Waals surface area contributed by atoms with E-state index in [1.807, 2.05) is 48.5 Å². The summed E-state index contributed by atoms with van der Waals surface area (Å²) in [7, 11) is 1.72. The molecule has 0 bridgehead atoms. The number of hydrogen-bond acceptors (Lipinski definition) is 3. The number of rotatable bonds is 3. The minimum Gasteiger partial charge on any atom is -0.356 e. The molecule has 3 aromatic rings. The Morgan fingerprint density at radius 2 is 1.95 bits per heavy atom. The van der Waals surface area contributed by atoms with Crippen LogP contribution in [0, 0.1) is 0 Å². The Kier molecular flexibility index (Phi) is 4.11. The van der Waals surface area contributed by atoms with E-state index < -0.39 is 0 Å². The molecule has 0 aliphatic heterocycles. The van der Waals surface area contributed by atoms with E-state index in [0.717, 1.165) is 15.5 Å². The van der Waals surface area contributed by atoms with Gasteiger partial charge in [-0.3, -0.25) is 4.90 Å².